The van der Waals surface area contributed by atoms with Crippen LogP contribution in [0, 0.1) is 0 Å². The molecule has 1 fully saturated rings. The SMILES string of the molecule is CN1CCc2cc(N(C(=O)c3cc(-c4cc5c(cc4C(=O)N4Cc6cccc(Cl)c6C[C@H]4CN4CCOCC4)OCO5)n4c3CCCC4)c3ccc(O)cc3)ccc21.Cl.Cl. The van der Waals surface area contributed by atoms with E-state index in [0.717, 1.165) is 84.2 Å². The highest BCUT2D eigenvalue weighted by Gasteiger charge is 2.37. The van der Waals surface area contributed by atoms with Gasteiger partial charge in [0.15, 0.2) is 11.5 Å². The topological polar surface area (TPSA) is 100.0 Å². The first kappa shape index (κ1) is 41.8. The van der Waals surface area contributed by atoms with Crippen LogP contribution >= 0.6 is 36.4 Å². The first-order chi connectivity index (χ1) is 28.3. The van der Waals surface area contributed by atoms with Crippen LogP contribution in [0.5, 0.6) is 17.2 Å². The van der Waals surface area contributed by atoms with Crippen LogP contribution in [0.2, 0.25) is 5.02 Å². The molecule has 0 bridgehead atoms. The molecule has 5 aromatic rings. The zero-order valence-electron chi connectivity index (χ0n) is 33.4. The van der Waals surface area contributed by atoms with Crippen molar-refractivity contribution in [1.82, 2.24) is 14.4 Å². The Hall–Kier alpha value is -4.91. The minimum absolute atomic E-state index is 0. The van der Waals surface area contributed by atoms with Gasteiger partial charge >= 0.3 is 0 Å². The maximum absolute atomic E-state index is 15.3. The van der Waals surface area contributed by atoms with Crippen LogP contribution in [-0.4, -0.2) is 90.6 Å². The lowest BCUT2D eigenvalue weighted by Gasteiger charge is -2.41. The van der Waals surface area contributed by atoms with Crippen molar-refractivity contribution in [1.29, 1.82) is 0 Å². The Bertz CT molecular complexity index is 2430. The van der Waals surface area contributed by atoms with Gasteiger partial charge in [-0.2, -0.15) is 0 Å². The molecule has 60 heavy (non-hydrogen) atoms. The maximum Gasteiger partial charge on any atom is 0.264 e. The van der Waals surface area contributed by atoms with Crippen LogP contribution in [0.1, 0.15) is 55.9 Å². The largest absolute Gasteiger partial charge is 0.508 e. The fourth-order valence-corrected chi connectivity index (χ4v) is 9.76. The van der Waals surface area contributed by atoms with E-state index in [1.54, 1.807) is 29.2 Å². The standard InChI is InChI=1S/C46H46ClN5O6.2ClH/c1-48-16-14-29-21-32(10-13-40(29)48)52(31-8-11-34(53)12-9-31)46(55)38-23-42(50-15-3-2-7-41(38)50)36-24-43-44(58-28-57-43)25-37(36)45(54)51-26-30-5-4-6-39(47)35(30)22-33(51)27-49-17-19-56-20-18-49;;/h4-6,8-13,21,23-25,33,53H,2-3,7,14-20,22,26-28H2,1H3;2*1H/t33-;;/m0../s1. The normalized spacial score (nSPS) is 17.9. The van der Waals surface area contributed by atoms with E-state index in [-0.39, 0.29) is 55.2 Å². The van der Waals surface area contributed by atoms with Crippen molar-refractivity contribution in [3.05, 3.63) is 117 Å². The number of halogens is 3. The predicted molar refractivity (Wildman–Crippen MR) is 237 cm³/mol. The maximum atomic E-state index is 15.3. The Morgan fingerprint density at radius 3 is 2.40 bits per heavy atom. The minimum atomic E-state index is -0.169. The van der Waals surface area contributed by atoms with Crippen molar-refractivity contribution in [3.8, 4) is 28.5 Å². The lowest BCUT2D eigenvalue weighted by molar-refractivity contribution is 0.0193. The van der Waals surface area contributed by atoms with Crippen LogP contribution in [0.3, 0.4) is 0 Å². The summed E-state index contributed by atoms with van der Waals surface area (Å²) in [5.74, 6) is 0.950. The van der Waals surface area contributed by atoms with Gasteiger partial charge in [-0.1, -0.05) is 23.7 Å². The zero-order chi connectivity index (χ0) is 39.5. The Morgan fingerprint density at radius 1 is 0.833 bits per heavy atom. The lowest BCUT2D eigenvalue weighted by atomic mass is 9.91. The van der Waals surface area contributed by atoms with Crippen molar-refractivity contribution in [3.63, 3.8) is 0 Å². The third kappa shape index (κ3) is 7.55. The van der Waals surface area contributed by atoms with E-state index in [1.807, 2.05) is 41.3 Å². The van der Waals surface area contributed by atoms with Gasteiger partial charge < -0.3 is 33.7 Å². The minimum Gasteiger partial charge on any atom is -0.508 e. The molecule has 1 N–H and O–H groups in total. The van der Waals surface area contributed by atoms with E-state index in [0.29, 0.717) is 73.1 Å². The van der Waals surface area contributed by atoms with E-state index in [1.165, 1.54) is 5.56 Å². The molecule has 0 spiro atoms. The number of carbonyl (C=O) groups is 2. The smallest absolute Gasteiger partial charge is 0.264 e. The van der Waals surface area contributed by atoms with Crippen LogP contribution in [0.4, 0.5) is 17.1 Å². The van der Waals surface area contributed by atoms with Crippen LogP contribution in [-0.2, 0) is 37.1 Å². The van der Waals surface area contributed by atoms with Gasteiger partial charge in [0.05, 0.1) is 24.3 Å². The number of rotatable bonds is 7. The van der Waals surface area contributed by atoms with Crippen LogP contribution in [0.25, 0.3) is 11.3 Å². The molecule has 314 valence electrons. The highest BCUT2D eigenvalue weighted by molar-refractivity contribution is 6.31. The number of hydrogen-bond donors (Lipinski definition) is 1. The summed E-state index contributed by atoms with van der Waals surface area (Å²) in [4.78, 5) is 38.9. The second-order valence-electron chi connectivity index (χ2n) is 16.0. The van der Waals surface area contributed by atoms with Gasteiger partial charge in [0, 0.05) is 91.4 Å². The molecule has 6 heterocycles. The molecular weight excluding hydrogens is 825 g/mol. The van der Waals surface area contributed by atoms with Gasteiger partial charge in [-0.15, -0.1) is 24.8 Å². The zero-order valence-corrected chi connectivity index (χ0v) is 35.8. The van der Waals surface area contributed by atoms with E-state index < -0.39 is 0 Å². The number of carbonyl (C=O) groups excluding carboxylic acids is 2. The summed E-state index contributed by atoms with van der Waals surface area (Å²) in [6.07, 6.45) is 4.15. The molecule has 4 aromatic carbocycles. The Balaban J connectivity index is 0.00000249. The number of aromatic hydroxyl groups is 1. The first-order valence-corrected chi connectivity index (χ1v) is 20.7. The molecule has 11 nitrogen and oxygen atoms in total. The van der Waals surface area contributed by atoms with Crippen molar-refractivity contribution in [2.45, 2.75) is 51.2 Å². The average Bonchev–Trinajstić information content (AvgIpc) is 3.98. The van der Waals surface area contributed by atoms with Gasteiger partial charge in [0.2, 0.25) is 6.79 Å². The molecule has 10 rings (SSSR count). The number of ether oxygens (including phenoxy) is 3. The van der Waals surface area contributed by atoms with Crippen LogP contribution < -0.4 is 19.3 Å². The van der Waals surface area contributed by atoms with Gasteiger partial charge in [-0.25, -0.2) is 0 Å². The average molecular weight is 873 g/mol. The summed E-state index contributed by atoms with van der Waals surface area (Å²) in [5, 5.41) is 11.0. The monoisotopic (exact) mass is 871 g/mol. The lowest BCUT2D eigenvalue weighted by Crippen LogP contribution is -2.52. The molecule has 14 heteroatoms. The van der Waals surface area contributed by atoms with Gasteiger partial charge in [-0.05, 0) is 116 Å². The number of anilines is 3. The Morgan fingerprint density at radius 2 is 1.60 bits per heavy atom. The number of likely N-dealkylation sites (N-methyl/N-ethyl adjacent to an activating group) is 1. The number of fused-ring (bicyclic) bond motifs is 4. The van der Waals surface area contributed by atoms with Crippen LogP contribution in [0.15, 0.2) is 78.9 Å². The first-order valence-electron chi connectivity index (χ1n) is 20.3. The quantitative estimate of drug-likeness (QED) is 0.175. The van der Waals surface area contributed by atoms with Gasteiger partial charge in [0.25, 0.3) is 11.8 Å². The van der Waals surface area contributed by atoms with Crippen molar-refractivity contribution >= 4 is 65.3 Å². The molecule has 0 unspecified atom stereocenters. The van der Waals surface area contributed by atoms with Crippen molar-refractivity contribution in [2.24, 2.45) is 0 Å². The van der Waals surface area contributed by atoms with Gasteiger partial charge in [0.1, 0.15) is 5.75 Å². The number of morpholine rings is 1. The van der Waals surface area contributed by atoms with Crippen molar-refractivity contribution < 1.29 is 28.9 Å². The fourth-order valence-electron chi connectivity index (χ4n) is 9.49. The summed E-state index contributed by atoms with van der Waals surface area (Å²) < 4.78 is 19.7. The highest BCUT2D eigenvalue weighted by Crippen LogP contribution is 2.44. The molecule has 1 saturated heterocycles. The molecule has 2 amide bonds. The highest BCUT2D eigenvalue weighted by atomic mass is 35.5. The molecule has 0 aliphatic carbocycles. The van der Waals surface area contributed by atoms with E-state index in [9.17, 15) is 5.11 Å². The van der Waals surface area contributed by atoms with E-state index in [4.69, 9.17) is 25.8 Å². The second-order valence-corrected chi connectivity index (χ2v) is 16.4. The summed E-state index contributed by atoms with van der Waals surface area (Å²) in [6, 6.07) is 24.5. The van der Waals surface area contributed by atoms with E-state index in [2.05, 4.69) is 39.6 Å². The van der Waals surface area contributed by atoms with Crippen molar-refractivity contribution in [2.75, 3.05) is 63.0 Å². The number of phenols is 1. The number of phenolic OH excluding ortho intramolecular Hbond substituents is 1. The number of aromatic nitrogens is 1. The van der Waals surface area contributed by atoms with E-state index >= 15 is 9.59 Å². The molecule has 5 aliphatic heterocycles. The molecule has 5 aliphatic rings. The summed E-state index contributed by atoms with van der Waals surface area (Å²) in [7, 11) is 2.09. The number of amides is 2. The third-order valence-corrected chi connectivity index (χ3v) is 12.9. The Labute approximate surface area is 367 Å². The summed E-state index contributed by atoms with van der Waals surface area (Å²) >= 11 is 6.78. The molecule has 0 saturated carbocycles. The molecule has 1 atom stereocenters. The Kier molecular flexibility index (Phi) is 12.0. The molecular formula is C46H48Cl3N5O6. The number of nitrogens with zero attached hydrogens (tertiary/aromatic N) is 5. The summed E-state index contributed by atoms with van der Waals surface area (Å²) in [5.41, 5.74) is 9.44. The number of benzene rings is 4. The second kappa shape index (κ2) is 17.2. The summed E-state index contributed by atoms with van der Waals surface area (Å²) in [6.45, 7) is 5.76. The molecule has 1 aromatic heterocycles. The third-order valence-electron chi connectivity index (χ3n) is 12.5. The number of hydrogen-bond acceptors (Lipinski definition) is 8. The van der Waals surface area contributed by atoms with Gasteiger partial charge in [-0.3, -0.25) is 19.4 Å². The molecule has 0 radical (unpaired) electrons. The fraction of sp³-hybridized carbons (Fsp3) is 0.348. The predicted octanol–water partition coefficient (Wildman–Crippen LogP) is 8.29.